The predicted molar refractivity (Wildman–Crippen MR) is 136 cm³/mol. The molecule has 198 valence electrons. The molecular weight excluding hydrogens is 506 g/mol. The number of benzene rings is 2. The van der Waals surface area contributed by atoms with Gasteiger partial charge in [0.2, 0.25) is 12.8 Å². The van der Waals surface area contributed by atoms with Gasteiger partial charge in [-0.3, -0.25) is 0 Å². The number of amides is 1. The molecule has 1 N–H and O–H groups in total. The highest BCUT2D eigenvalue weighted by molar-refractivity contribution is 6.31. The largest absolute Gasteiger partial charge is 0.443 e. The summed E-state index contributed by atoms with van der Waals surface area (Å²) in [7, 11) is 0. The maximum atomic E-state index is 13.3. The minimum absolute atomic E-state index is 0.0611. The van der Waals surface area contributed by atoms with Crippen LogP contribution in [0.15, 0.2) is 42.5 Å². The van der Waals surface area contributed by atoms with Crippen LogP contribution in [0, 0.1) is 5.82 Å². The fourth-order valence-corrected chi connectivity index (χ4v) is 3.67. The molecule has 0 atom stereocenters. The summed E-state index contributed by atoms with van der Waals surface area (Å²) < 4.78 is 36.9. The van der Waals surface area contributed by atoms with Gasteiger partial charge in [0, 0.05) is 22.7 Å². The maximum Gasteiger partial charge on any atom is 0.417 e. The molecule has 8 nitrogen and oxygen atoms in total. The lowest BCUT2D eigenvalue weighted by Crippen LogP contribution is -2.39. The average Bonchev–Trinajstić information content (AvgIpc) is 2.79. The van der Waals surface area contributed by atoms with E-state index in [0.717, 1.165) is 5.56 Å². The Kier molecular flexibility index (Phi) is 8.65. The monoisotopic (exact) mass is 534 g/mol. The number of hydrogen-bond acceptors (Lipinski definition) is 7. The Balaban J connectivity index is 2.07. The Hall–Kier alpha value is -3.37. The molecule has 0 saturated carbocycles. The normalized spacial score (nSPS) is 11.8. The van der Waals surface area contributed by atoms with Crippen LogP contribution >= 0.6 is 11.6 Å². The summed E-state index contributed by atoms with van der Waals surface area (Å²) in [5, 5.41) is 10.8. The van der Waals surface area contributed by atoms with Crippen LogP contribution in [0.25, 0.3) is 11.4 Å². The van der Waals surface area contributed by atoms with Crippen LogP contribution < -0.4 is 9.64 Å². The molecule has 0 spiro atoms. The number of nitrogens with zero attached hydrogens (tertiary/aromatic N) is 4. The van der Waals surface area contributed by atoms with E-state index >= 15 is 0 Å². The molecule has 0 saturated heterocycles. The van der Waals surface area contributed by atoms with Gasteiger partial charge in [0.15, 0.2) is 5.82 Å². The summed E-state index contributed by atoms with van der Waals surface area (Å²) in [6, 6.07) is 10.3. The highest BCUT2D eigenvalue weighted by Gasteiger charge is 2.27. The number of carbonyl (C=O) groups is 1. The molecule has 0 radical (unpaired) electrons. The van der Waals surface area contributed by atoms with Crippen LogP contribution in [0.5, 0.6) is 6.01 Å². The zero-order chi connectivity index (χ0) is 27.4. The summed E-state index contributed by atoms with van der Waals surface area (Å²) in [5.74, 6) is -0.452. The summed E-state index contributed by atoms with van der Waals surface area (Å²) in [6.45, 7) is 7.15. The number of ether oxygens (including phenoxy) is 2. The van der Waals surface area contributed by atoms with Crippen molar-refractivity contribution in [2.45, 2.75) is 52.2 Å². The molecular formula is C26H29ClF2N4O4. The molecule has 0 aliphatic carbocycles. The van der Waals surface area contributed by atoms with E-state index in [-0.39, 0.29) is 30.1 Å². The zero-order valence-corrected chi connectivity index (χ0v) is 22.0. The molecule has 3 aromatic rings. The van der Waals surface area contributed by atoms with E-state index in [1.54, 1.807) is 65.0 Å². The molecule has 37 heavy (non-hydrogen) atoms. The second-order valence-corrected chi connectivity index (χ2v) is 10.2. The lowest BCUT2D eigenvalue weighted by atomic mass is 9.96. The van der Waals surface area contributed by atoms with Gasteiger partial charge >= 0.3 is 12.1 Å². The number of hydrogen-bond donors (Lipinski definition) is 1. The van der Waals surface area contributed by atoms with Crippen LogP contribution in [0.4, 0.5) is 19.5 Å². The number of anilines is 1. The maximum absolute atomic E-state index is 13.3. The first-order valence-corrected chi connectivity index (χ1v) is 11.9. The lowest BCUT2D eigenvalue weighted by Gasteiger charge is -2.26. The SMILES string of the molecule is CC(C)(C)OC(=O)N(CCc1ccc(F)cc1)c1nc(OCF)nc(-c2ccc(Cl)c(C(C)(C)O)c2)n1. The molecule has 1 amide bonds. The third kappa shape index (κ3) is 7.80. The van der Waals surface area contributed by atoms with E-state index in [1.807, 2.05) is 0 Å². The predicted octanol–water partition coefficient (Wildman–Crippen LogP) is 5.85. The summed E-state index contributed by atoms with van der Waals surface area (Å²) in [6.07, 6.45) is -0.421. The van der Waals surface area contributed by atoms with Crippen molar-refractivity contribution in [2.75, 3.05) is 18.3 Å². The Morgan fingerprint density at radius 2 is 1.73 bits per heavy atom. The Labute approximate surface area is 219 Å². The van der Waals surface area contributed by atoms with E-state index in [2.05, 4.69) is 15.0 Å². The van der Waals surface area contributed by atoms with E-state index in [0.29, 0.717) is 22.6 Å². The summed E-state index contributed by atoms with van der Waals surface area (Å²) in [5.41, 5.74) is -0.480. The van der Waals surface area contributed by atoms with Crippen molar-refractivity contribution in [2.24, 2.45) is 0 Å². The van der Waals surface area contributed by atoms with Gasteiger partial charge in [0.1, 0.15) is 11.4 Å². The Morgan fingerprint density at radius 1 is 1.05 bits per heavy atom. The van der Waals surface area contributed by atoms with Gasteiger partial charge in [-0.05, 0) is 76.9 Å². The number of alkyl halides is 1. The fraction of sp³-hybridized carbons (Fsp3) is 0.385. The summed E-state index contributed by atoms with van der Waals surface area (Å²) >= 11 is 6.26. The van der Waals surface area contributed by atoms with Crippen molar-refractivity contribution >= 4 is 23.6 Å². The van der Waals surface area contributed by atoms with Crippen LogP contribution in [-0.4, -0.2) is 45.2 Å². The van der Waals surface area contributed by atoms with Crippen molar-refractivity contribution in [1.29, 1.82) is 0 Å². The van der Waals surface area contributed by atoms with Crippen molar-refractivity contribution in [3.8, 4) is 17.4 Å². The molecule has 11 heteroatoms. The van der Waals surface area contributed by atoms with Gasteiger partial charge in [-0.25, -0.2) is 18.5 Å². The molecule has 0 aliphatic heterocycles. The van der Waals surface area contributed by atoms with Gasteiger partial charge in [0.05, 0.1) is 5.60 Å². The molecule has 0 bridgehead atoms. The average molecular weight is 535 g/mol. The standard InChI is InChI=1S/C26H29ClF2N4O4/c1-25(2,3)37-24(34)33(13-12-16-6-9-18(29)10-7-16)22-30-21(31-23(32-22)36-15-28)17-8-11-20(27)19(14-17)26(4,5)35/h6-11,14,35H,12-13,15H2,1-5H3. The molecule has 1 aromatic heterocycles. The van der Waals surface area contributed by atoms with E-state index < -0.39 is 24.2 Å². The van der Waals surface area contributed by atoms with E-state index in [4.69, 9.17) is 21.1 Å². The number of aromatic nitrogens is 3. The second-order valence-electron chi connectivity index (χ2n) is 9.76. The van der Waals surface area contributed by atoms with Gasteiger partial charge in [0.25, 0.3) is 0 Å². The highest BCUT2D eigenvalue weighted by atomic mass is 35.5. The number of halogens is 3. The number of aliphatic hydroxyl groups is 1. The molecule has 0 unspecified atom stereocenters. The van der Waals surface area contributed by atoms with Gasteiger partial charge in [-0.2, -0.15) is 15.0 Å². The van der Waals surface area contributed by atoms with Crippen molar-refractivity contribution in [1.82, 2.24) is 15.0 Å². The minimum Gasteiger partial charge on any atom is -0.443 e. The van der Waals surface area contributed by atoms with Gasteiger partial charge in [-0.15, -0.1) is 0 Å². The Morgan fingerprint density at radius 3 is 2.32 bits per heavy atom. The smallest absolute Gasteiger partial charge is 0.417 e. The first-order valence-electron chi connectivity index (χ1n) is 11.5. The molecule has 0 aliphatic rings. The molecule has 1 heterocycles. The first kappa shape index (κ1) is 28.2. The molecule has 3 rings (SSSR count). The van der Waals surface area contributed by atoms with E-state index in [9.17, 15) is 18.7 Å². The quantitative estimate of drug-likeness (QED) is 0.387. The van der Waals surface area contributed by atoms with Crippen LogP contribution in [-0.2, 0) is 16.8 Å². The van der Waals surface area contributed by atoms with Crippen molar-refractivity contribution < 1.29 is 28.2 Å². The van der Waals surface area contributed by atoms with Gasteiger partial charge < -0.3 is 14.6 Å². The molecule has 2 aromatic carbocycles. The Bertz CT molecular complexity index is 1240. The molecule has 0 fully saturated rings. The fourth-order valence-electron chi connectivity index (χ4n) is 3.32. The number of rotatable bonds is 8. The third-order valence-electron chi connectivity index (χ3n) is 5.06. The van der Waals surface area contributed by atoms with Crippen molar-refractivity contribution in [3.63, 3.8) is 0 Å². The zero-order valence-electron chi connectivity index (χ0n) is 21.3. The van der Waals surface area contributed by atoms with Gasteiger partial charge in [-0.1, -0.05) is 23.7 Å². The third-order valence-corrected chi connectivity index (χ3v) is 5.39. The highest BCUT2D eigenvalue weighted by Crippen LogP contribution is 2.32. The number of carbonyl (C=O) groups excluding carboxylic acids is 1. The van der Waals surface area contributed by atoms with Crippen LogP contribution in [0.2, 0.25) is 5.02 Å². The van der Waals surface area contributed by atoms with E-state index in [1.165, 1.54) is 17.0 Å². The lowest BCUT2D eigenvalue weighted by molar-refractivity contribution is 0.0578. The van der Waals surface area contributed by atoms with Crippen LogP contribution in [0.1, 0.15) is 45.7 Å². The first-order chi connectivity index (χ1) is 17.3. The van der Waals surface area contributed by atoms with Crippen molar-refractivity contribution in [3.05, 3.63) is 64.4 Å². The van der Waals surface area contributed by atoms with Crippen LogP contribution in [0.3, 0.4) is 0 Å². The summed E-state index contributed by atoms with van der Waals surface area (Å²) in [4.78, 5) is 27.1. The minimum atomic E-state index is -1.26. The second kappa shape index (κ2) is 11.4. The topological polar surface area (TPSA) is 97.7 Å².